The number of aliphatic hydroxyl groups excluding tert-OH is 1. The fraction of sp³-hybridized carbons (Fsp3) is 0.600. The summed E-state index contributed by atoms with van der Waals surface area (Å²) in [6, 6.07) is -0.981. The van der Waals surface area contributed by atoms with Gasteiger partial charge in [-0.25, -0.2) is 9.37 Å². The molecule has 0 bridgehead atoms. The number of fused-ring (bicyclic) bond motifs is 1. The number of aliphatic hydroxyl groups is 1. The first-order valence-electron chi connectivity index (χ1n) is 5.57. The van der Waals surface area contributed by atoms with Gasteiger partial charge in [0.05, 0.1) is 20.2 Å². The van der Waals surface area contributed by atoms with E-state index in [4.69, 9.17) is 5.11 Å². The lowest BCUT2D eigenvalue weighted by molar-refractivity contribution is -0.507. The predicted molar refractivity (Wildman–Crippen MR) is 63.4 cm³/mol. The molecule has 1 unspecified atom stereocenters. The summed E-state index contributed by atoms with van der Waals surface area (Å²) in [7, 11) is 4.75. The number of likely N-dealkylation sites (N-methyl/N-ethyl adjacent to an activating group) is 3. The van der Waals surface area contributed by atoms with Crippen LogP contribution in [0.15, 0.2) is 4.99 Å². The molecule has 0 spiro atoms. The number of hydrogen-bond donors (Lipinski definition) is 2. The Labute approximate surface area is 104 Å². The van der Waals surface area contributed by atoms with Crippen LogP contribution in [0.2, 0.25) is 0 Å². The zero-order valence-corrected chi connectivity index (χ0v) is 10.5. The lowest BCUT2D eigenvalue weighted by Crippen LogP contribution is -2.61. The molecule has 18 heavy (non-hydrogen) atoms. The van der Waals surface area contributed by atoms with Gasteiger partial charge in [0.15, 0.2) is 0 Å². The van der Waals surface area contributed by atoms with Crippen molar-refractivity contribution in [3.8, 4) is 0 Å². The highest BCUT2D eigenvalue weighted by molar-refractivity contribution is 6.22. The highest BCUT2D eigenvalue weighted by Crippen LogP contribution is 2.16. The van der Waals surface area contributed by atoms with Gasteiger partial charge in [0.1, 0.15) is 0 Å². The topological polar surface area (TPSA) is 88.2 Å². The largest absolute Gasteiger partial charge is 0.393 e. The fourth-order valence-electron chi connectivity index (χ4n) is 2.01. The standard InChI is InChI=1S/C10H15N5O3/c1-13-6-7(12-9(13)11-4-5-16)14(2)10(18)15(3)8(6)17/h6,16H,4-5H2,1-3H3/p+1. The third-order valence-electron chi connectivity index (χ3n) is 3.06. The van der Waals surface area contributed by atoms with Crippen molar-refractivity contribution in [1.29, 1.82) is 0 Å². The molecule has 0 aromatic rings. The normalized spacial score (nSPS) is 23.6. The second-order valence-corrected chi connectivity index (χ2v) is 4.20. The van der Waals surface area contributed by atoms with Gasteiger partial charge in [0.25, 0.3) is 5.91 Å². The summed E-state index contributed by atoms with van der Waals surface area (Å²) in [4.78, 5) is 30.5. The van der Waals surface area contributed by atoms with Gasteiger partial charge in [-0.15, -0.1) is 0 Å². The van der Waals surface area contributed by atoms with Crippen molar-refractivity contribution < 1.29 is 19.3 Å². The Hall–Kier alpha value is -1.96. The van der Waals surface area contributed by atoms with Crippen molar-refractivity contribution in [2.75, 3.05) is 34.3 Å². The number of aliphatic imine (C=N–C) groups is 1. The highest BCUT2D eigenvalue weighted by Gasteiger charge is 2.50. The van der Waals surface area contributed by atoms with E-state index in [1.165, 1.54) is 11.9 Å². The van der Waals surface area contributed by atoms with Crippen LogP contribution in [0.4, 0.5) is 4.79 Å². The number of hydrogen-bond acceptors (Lipinski definition) is 5. The van der Waals surface area contributed by atoms with Gasteiger partial charge in [-0.05, 0) is 0 Å². The molecule has 0 radical (unpaired) electrons. The number of urea groups is 1. The third kappa shape index (κ3) is 1.65. The monoisotopic (exact) mass is 254 g/mol. The minimum absolute atomic E-state index is 0.0323. The molecule has 8 heteroatoms. The van der Waals surface area contributed by atoms with Crippen LogP contribution in [0.1, 0.15) is 0 Å². The summed E-state index contributed by atoms with van der Waals surface area (Å²) in [5.74, 6) is 0.582. The molecular formula is C10H16N5O3+. The lowest BCUT2D eigenvalue weighted by Gasteiger charge is -2.31. The van der Waals surface area contributed by atoms with E-state index in [-0.39, 0.29) is 12.5 Å². The van der Waals surface area contributed by atoms with Crippen LogP contribution in [-0.4, -0.2) is 83.6 Å². The van der Waals surface area contributed by atoms with Gasteiger partial charge in [0, 0.05) is 14.1 Å². The zero-order chi connectivity index (χ0) is 13.4. The van der Waals surface area contributed by atoms with E-state index < -0.39 is 12.1 Å². The number of amidine groups is 1. The first-order valence-corrected chi connectivity index (χ1v) is 5.57. The predicted octanol–water partition coefficient (Wildman–Crippen LogP) is -2.13. The number of imide groups is 1. The summed E-state index contributed by atoms with van der Waals surface area (Å²) in [5, 5.41) is 11.7. The molecule has 2 N–H and O–H groups in total. The van der Waals surface area contributed by atoms with Gasteiger partial charge in [-0.1, -0.05) is 4.99 Å². The highest BCUT2D eigenvalue weighted by atomic mass is 16.3. The van der Waals surface area contributed by atoms with Gasteiger partial charge < -0.3 is 5.11 Å². The average molecular weight is 254 g/mol. The molecule has 2 aliphatic heterocycles. The maximum atomic E-state index is 12.1. The Morgan fingerprint density at radius 1 is 1.39 bits per heavy atom. The molecule has 0 aromatic carbocycles. The molecule has 0 aromatic heterocycles. The van der Waals surface area contributed by atoms with Gasteiger partial charge in [0.2, 0.25) is 11.9 Å². The molecule has 8 nitrogen and oxygen atoms in total. The van der Waals surface area contributed by atoms with Crippen molar-refractivity contribution in [3.63, 3.8) is 0 Å². The minimum Gasteiger partial charge on any atom is -0.393 e. The van der Waals surface area contributed by atoms with Crippen LogP contribution in [-0.2, 0) is 4.79 Å². The van der Waals surface area contributed by atoms with Crippen molar-refractivity contribution in [2.24, 2.45) is 4.99 Å². The lowest BCUT2D eigenvalue weighted by atomic mass is 10.2. The van der Waals surface area contributed by atoms with E-state index in [2.05, 4.69) is 10.3 Å². The quantitative estimate of drug-likeness (QED) is 0.551. The van der Waals surface area contributed by atoms with Gasteiger partial charge in [-0.2, -0.15) is 0 Å². The fourth-order valence-corrected chi connectivity index (χ4v) is 2.01. The van der Waals surface area contributed by atoms with E-state index in [0.29, 0.717) is 18.3 Å². The molecule has 0 saturated carbocycles. The number of rotatable bonds is 2. The maximum Gasteiger partial charge on any atom is 0.389 e. The van der Waals surface area contributed by atoms with Crippen LogP contribution >= 0.6 is 0 Å². The van der Waals surface area contributed by atoms with Crippen LogP contribution in [0.3, 0.4) is 0 Å². The zero-order valence-electron chi connectivity index (χ0n) is 10.5. The third-order valence-corrected chi connectivity index (χ3v) is 3.06. The molecule has 98 valence electrons. The molecule has 3 amide bonds. The van der Waals surface area contributed by atoms with Gasteiger partial charge >= 0.3 is 12.0 Å². The summed E-state index contributed by atoms with van der Waals surface area (Å²) in [5.41, 5.74) is 0. The van der Waals surface area contributed by atoms with E-state index in [0.717, 1.165) is 4.90 Å². The minimum atomic E-state index is -0.584. The van der Waals surface area contributed by atoms with Crippen molar-refractivity contribution in [2.45, 2.75) is 6.04 Å². The van der Waals surface area contributed by atoms with E-state index in [1.807, 2.05) is 0 Å². The Morgan fingerprint density at radius 3 is 2.67 bits per heavy atom. The maximum absolute atomic E-state index is 12.1. The average Bonchev–Trinajstić information content (AvgIpc) is 2.69. The molecule has 1 fully saturated rings. The molecule has 2 rings (SSSR count). The molecule has 1 atom stereocenters. The molecule has 2 aliphatic rings. The molecular weight excluding hydrogens is 238 g/mol. The smallest absolute Gasteiger partial charge is 0.389 e. The van der Waals surface area contributed by atoms with Crippen LogP contribution in [0.5, 0.6) is 0 Å². The summed E-state index contributed by atoms with van der Waals surface area (Å²) >= 11 is 0. The number of amides is 3. The number of nitrogens with zero attached hydrogens (tertiary/aromatic N) is 4. The van der Waals surface area contributed by atoms with E-state index >= 15 is 0 Å². The molecule has 2 heterocycles. The van der Waals surface area contributed by atoms with Crippen molar-refractivity contribution >= 4 is 23.7 Å². The number of carbonyl (C=O) groups excluding carboxylic acids is 2. The van der Waals surface area contributed by atoms with Crippen LogP contribution in [0.25, 0.3) is 0 Å². The molecule has 1 saturated heterocycles. The first-order chi connectivity index (χ1) is 8.49. The Kier molecular flexibility index (Phi) is 3.04. The molecule has 0 aliphatic carbocycles. The second kappa shape index (κ2) is 4.37. The Balaban J connectivity index is 2.34. The van der Waals surface area contributed by atoms with E-state index in [1.54, 1.807) is 18.7 Å². The number of nitrogens with one attached hydrogen (secondary N) is 1. The SMILES string of the molecule is CN1C(=O)C2C(=NC(NCCO)=[N+]2C)N(C)C1=O. The summed E-state index contributed by atoms with van der Waals surface area (Å²) < 4.78 is 1.66. The van der Waals surface area contributed by atoms with Crippen molar-refractivity contribution in [3.05, 3.63) is 0 Å². The summed E-state index contributed by atoms with van der Waals surface area (Å²) in [6.45, 7) is 0.306. The Bertz CT molecular complexity index is 470. The number of carbonyl (C=O) groups is 2. The van der Waals surface area contributed by atoms with Crippen molar-refractivity contribution in [1.82, 2.24) is 15.1 Å². The van der Waals surface area contributed by atoms with Crippen LogP contribution in [0, 0.1) is 0 Å². The summed E-state index contributed by atoms with van der Waals surface area (Å²) in [6.07, 6.45) is 0. The Morgan fingerprint density at radius 2 is 2.06 bits per heavy atom. The second-order valence-electron chi connectivity index (χ2n) is 4.20. The van der Waals surface area contributed by atoms with Crippen LogP contribution < -0.4 is 5.32 Å². The first kappa shape index (κ1) is 12.5. The van der Waals surface area contributed by atoms with E-state index in [9.17, 15) is 9.59 Å². The van der Waals surface area contributed by atoms with Gasteiger partial charge in [-0.3, -0.25) is 19.9 Å². The number of guanidine groups is 1.